The molecule has 4 rings (SSSR count). The van der Waals surface area contributed by atoms with Gasteiger partial charge >= 0.3 is 0 Å². The summed E-state index contributed by atoms with van der Waals surface area (Å²) in [5.74, 6) is 0. The van der Waals surface area contributed by atoms with Gasteiger partial charge in [-0.2, -0.15) is 0 Å². The molecule has 0 aliphatic rings. The van der Waals surface area contributed by atoms with Gasteiger partial charge in [-0.1, -0.05) is 123 Å². The fourth-order valence-electron chi connectivity index (χ4n) is 4.34. The lowest BCUT2D eigenvalue weighted by Gasteiger charge is -2.26. The van der Waals surface area contributed by atoms with Gasteiger partial charge in [0.2, 0.25) is 0 Å². The van der Waals surface area contributed by atoms with Crippen LogP contribution in [0.3, 0.4) is 0 Å². The van der Waals surface area contributed by atoms with E-state index < -0.39 is 0 Å². The van der Waals surface area contributed by atoms with Crippen LogP contribution in [0.2, 0.25) is 0 Å². The van der Waals surface area contributed by atoms with Crippen LogP contribution in [0.15, 0.2) is 115 Å². The minimum atomic E-state index is 1.16. The largest absolute Gasteiger partial charge is 0.311 e. The Balaban J connectivity index is 1.51. The Morgan fingerprint density at radius 3 is 1.67 bits per heavy atom. The maximum Gasteiger partial charge on any atom is 0.0462 e. The van der Waals surface area contributed by atoms with Gasteiger partial charge in [-0.3, -0.25) is 0 Å². The summed E-state index contributed by atoms with van der Waals surface area (Å²) in [6.45, 7) is 4.40. The van der Waals surface area contributed by atoms with Crippen LogP contribution in [0, 0.1) is 6.92 Å². The van der Waals surface area contributed by atoms with Gasteiger partial charge in [-0.05, 0) is 72.9 Å². The molecule has 0 aliphatic heterocycles. The van der Waals surface area contributed by atoms with Crippen molar-refractivity contribution in [1.82, 2.24) is 0 Å². The third kappa shape index (κ3) is 7.33. The SMILES string of the molecule is CCCCCCc1ccc(N(c2ccc(C)cc2)c2ccc(/C=C/C=C/c3ccccc3)cc2)cc1. The summed E-state index contributed by atoms with van der Waals surface area (Å²) in [5.41, 5.74) is 8.59. The predicted octanol–water partition coefficient (Wildman–Crippen LogP) is 10.3. The molecule has 182 valence electrons. The van der Waals surface area contributed by atoms with Crippen LogP contribution in [-0.4, -0.2) is 0 Å². The number of allylic oxidation sites excluding steroid dienone is 2. The zero-order valence-corrected chi connectivity index (χ0v) is 21.6. The number of hydrogen-bond donors (Lipinski definition) is 0. The maximum absolute atomic E-state index is 2.34. The normalized spacial score (nSPS) is 11.4. The molecule has 0 saturated heterocycles. The summed E-state index contributed by atoms with van der Waals surface area (Å²) < 4.78 is 0. The number of aryl methyl sites for hydroxylation is 2. The molecule has 0 saturated carbocycles. The molecule has 1 nitrogen and oxygen atoms in total. The van der Waals surface area contributed by atoms with E-state index in [1.54, 1.807) is 0 Å². The fraction of sp³-hybridized carbons (Fsp3) is 0.200. The van der Waals surface area contributed by atoms with Gasteiger partial charge in [-0.15, -0.1) is 0 Å². The highest BCUT2D eigenvalue weighted by Gasteiger charge is 2.12. The second kappa shape index (κ2) is 13.3. The quantitative estimate of drug-likeness (QED) is 0.155. The Hall–Kier alpha value is -3.84. The first-order chi connectivity index (χ1) is 17.7. The van der Waals surface area contributed by atoms with E-state index in [9.17, 15) is 0 Å². The minimum Gasteiger partial charge on any atom is -0.311 e. The number of rotatable bonds is 11. The molecule has 36 heavy (non-hydrogen) atoms. The highest BCUT2D eigenvalue weighted by Crippen LogP contribution is 2.35. The average Bonchev–Trinajstić information content (AvgIpc) is 2.92. The molecule has 0 bridgehead atoms. The summed E-state index contributed by atoms with van der Waals surface area (Å²) in [6.07, 6.45) is 14.8. The van der Waals surface area contributed by atoms with Gasteiger partial charge in [-0.25, -0.2) is 0 Å². The molecule has 0 aliphatic carbocycles. The average molecular weight is 472 g/mol. The molecule has 0 N–H and O–H groups in total. The number of unbranched alkanes of at least 4 members (excludes halogenated alkanes) is 3. The molecular weight excluding hydrogens is 434 g/mol. The lowest BCUT2D eigenvalue weighted by molar-refractivity contribution is 0.667. The van der Waals surface area contributed by atoms with Crippen molar-refractivity contribution in [2.45, 2.75) is 46.0 Å². The number of hydrogen-bond acceptors (Lipinski definition) is 1. The van der Waals surface area contributed by atoms with E-state index in [4.69, 9.17) is 0 Å². The van der Waals surface area contributed by atoms with Crippen molar-refractivity contribution in [3.8, 4) is 0 Å². The second-order valence-corrected chi connectivity index (χ2v) is 9.37. The first-order valence-corrected chi connectivity index (χ1v) is 13.2. The van der Waals surface area contributed by atoms with Crippen LogP contribution in [0.4, 0.5) is 17.1 Å². The third-order valence-electron chi connectivity index (χ3n) is 6.45. The lowest BCUT2D eigenvalue weighted by Crippen LogP contribution is -2.10. The molecule has 0 amide bonds. The fourth-order valence-corrected chi connectivity index (χ4v) is 4.34. The Kier molecular flexibility index (Phi) is 9.33. The summed E-state index contributed by atoms with van der Waals surface area (Å²) in [7, 11) is 0. The smallest absolute Gasteiger partial charge is 0.0462 e. The highest BCUT2D eigenvalue weighted by molar-refractivity contribution is 5.77. The highest BCUT2D eigenvalue weighted by atomic mass is 15.1. The zero-order chi connectivity index (χ0) is 25.0. The van der Waals surface area contributed by atoms with Crippen LogP contribution in [-0.2, 0) is 6.42 Å². The van der Waals surface area contributed by atoms with Gasteiger partial charge in [0.1, 0.15) is 0 Å². The van der Waals surface area contributed by atoms with Crippen LogP contribution in [0.5, 0.6) is 0 Å². The molecule has 0 unspecified atom stereocenters. The van der Waals surface area contributed by atoms with Gasteiger partial charge in [0.05, 0.1) is 0 Å². The molecule has 1 heteroatoms. The zero-order valence-electron chi connectivity index (χ0n) is 21.6. The minimum absolute atomic E-state index is 1.16. The van der Waals surface area contributed by atoms with E-state index in [2.05, 4.69) is 140 Å². The molecule has 4 aromatic carbocycles. The Morgan fingerprint density at radius 1 is 0.556 bits per heavy atom. The summed E-state index contributed by atoms with van der Waals surface area (Å²) in [4.78, 5) is 2.34. The van der Waals surface area contributed by atoms with E-state index in [1.165, 1.54) is 59.3 Å². The number of nitrogens with zero attached hydrogens (tertiary/aromatic N) is 1. The molecule has 0 radical (unpaired) electrons. The van der Waals surface area contributed by atoms with Crippen molar-refractivity contribution in [1.29, 1.82) is 0 Å². The molecule has 0 atom stereocenters. The second-order valence-electron chi connectivity index (χ2n) is 9.37. The van der Waals surface area contributed by atoms with Crippen molar-refractivity contribution in [2.24, 2.45) is 0 Å². The maximum atomic E-state index is 2.34. The van der Waals surface area contributed by atoms with Gasteiger partial charge < -0.3 is 4.90 Å². The first-order valence-electron chi connectivity index (χ1n) is 13.2. The number of anilines is 3. The lowest BCUT2D eigenvalue weighted by atomic mass is 10.1. The van der Waals surface area contributed by atoms with Gasteiger partial charge in [0, 0.05) is 17.1 Å². The van der Waals surface area contributed by atoms with Crippen molar-refractivity contribution in [3.63, 3.8) is 0 Å². The van der Waals surface area contributed by atoms with Crippen LogP contribution < -0.4 is 4.90 Å². The molecule has 0 fully saturated rings. The van der Waals surface area contributed by atoms with E-state index in [0.29, 0.717) is 0 Å². The molecule has 0 spiro atoms. The van der Waals surface area contributed by atoms with Crippen LogP contribution >= 0.6 is 0 Å². The van der Waals surface area contributed by atoms with Crippen molar-refractivity contribution in [3.05, 3.63) is 138 Å². The van der Waals surface area contributed by atoms with E-state index in [0.717, 1.165) is 12.1 Å². The summed E-state index contributed by atoms with van der Waals surface area (Å²) in [5, 5.41) is 0. The molecule has 4 aromatic rings. The predicted molar refractivity (Wildman–Crippen MR) is 158 cm³/mol. The van der Waals surface area contributed by atoms with Gasteiger partial charge in [0.25, 0.3) is 0 Å². The van der Waals surface area contributed by atoms with Crippen LogP contribution in [0.1, 0.15) is 54.9 Å². The van der Waals surface area contributed by atoms with Gasteiger partial charge in [0.15, 0.2) is 0 Å². The van der Waals surface area contributed by atoms with Crippen molar-refractivity contribution >= 4 is 29.2 Å². The van der Waals surface area contributed by atoms with Crippen LogP contribution in [0.25, 0.3) is 12.2 Å². The molecular formula is C35H37N. The van der Waals surface area contributed by atoms with Crippen molar-refractivity contribution in [2.75, 3.05) is 4.90 Å². The molecule has 0 aromatic heterocycles. The summed E-state index contributed by atoms with van der Waals surface area (Å²) in [6, 6.07) is 37.0. The topological polar surface area (TPSA) is 3.24 Å². The Bertz CT molecular complexity index is 1230. The van der Waals surface area contributed by atoms with E-state index in [-0.39, 0.29) is 0 Å². The van der Waals surface area contributed by atoms with Crippen molar-refractivity contribution < 1.29 is 0 Å². The monoisotopic (exact) mass is 471 g/mol. The standard InChI is InChI=1S/C35H37N/c1-3-4-5-7-14-31-19-25-34(26-20-31)36(33-23-17-29(2)18-24-33)35-27-21-32(22-28-35)16-11-10-15-30-12-8-6-9-13-30/h6,8-13,15-28H,3-5,7,14H2,1-2H3/b15-10+,16-11+. The Morgan fingerprint density at radius 2 is 1.08 bits per heavy atom. The first kappa shape index (κ1) is 25.3. The molecule has 0 heterocycles. The number of benzene rings is 4. The van der Waals surface area contributed by atoms with E-state index in [1.807, 2.05) is 6.07 Å². The summed E-state index contributed by atoms with van der Waals surface area (Å²) >= 11 is 0. The third-order valence-corrected chi connectivity index (χ3v) is 6.45. The Labute approximate surface area is 217 Å². The van der Waals surface area contributed by atoms with E-state index >= 15 is 0 Å².